The van der Waals surface area contributed by atoms with E-state index in [9.17, 15) is 9.90 Å². The van der Waals surface area contributed by atoms with E-state index in [4.69, 9.17) is 37.7 Å². The van der Waals surface area contributed by atoms with E-state index in [-0.39, 0.29) is 23.5 Å². The van der Waals surface area contributed by atoms with E-state index in [0.29, 0.717) is 51.2 Å². The Kier molecular flexibility index (Phi) is 7.59. The number of fused-ring (bicyclic) bond motifs is 2. The summed E-state index contributed by atoms with van der Waals surface area (Å²) >= 11 is 12.5. The van der Waals surface area contributed by atoms with Gasteiger partial charge in [-0.1, -0.05) is 41.4 Å². The van der Waals surface area contributed by atoms with E-state index in [0.717, 1.165) is 50.3 Å². The van der Waals surface area contributed by atoms with Crippen LogP contribution in [0.15, 0.2) is 54.6 Å². The number of carbonyl (C=O) groups is 1. The number of nitrogens with zero attached hydrogens (tertiary/aromatic N) is 4. The number of likely N-dealkylation sites (tertiary alicyclic amines) is 1. The van der Waals surface area contributed by atoms with Gasteiger partial charge in [0, 0.05) is 22.2 Å². The standard InChI is InChI=1S/C32H29Cl2FN4O4/c33-19-4-5-22(24(34)14-19)28-15-25(35)23-3-1-2-21(30(23)43-28)18-8-11-38(12-9-18)17-29-36-26-6-7-27(32(40)41)37-31(26)39(29)16-20-10-13-42-20/h1-7,14-15,18,20,28H,8-13,16-17H2,(H,40,41)/t20-,28?/m0/s1. The maximum absolute atomic E-state index is 15.3. The highest BCUT2D eigenvalue weighted by atomic mass is 35.5. The van der Waals surface area contributed by atoms with Gasteiger partial charge in [0.15, 0.2) is 11.3 Å². The van der Waals surface area contributed by atoms with Crippen LogP contribution < -0.4 is 4.74 Å². The summed E-state index contributed by atoms with van der Waals surface area (Å²) in [5.74, 6) is 0.211. The highest BCUT2D eigenvalue weighted by Gasteiger charge is 2.31. The first-order valence-electron chi connectivity index (χ1n) is 14.4. The number of aromatic nitrogens is 3. The molecule has 1 unspecified atom stereocenters. The molecule has 2 fully saturated rings. The van der Waals surface area contributed by atoms with Crippen LogP contribution in [-0.4, -0.2) is 56.3 Å². The summed E-state index contributed by atoms with van der Waals surface area (Å²) in [7, 11) is 0. The average molecular weight is 624 g/mol. The molecule has 4 aromatic rings. The Morgan fingerprint density at radius 1 is 1.05 bits per heavy atom. The van der Waals surface area contributed by atoms with Crippen LogP contribution in [0.1, 0.15) is 64.3 Å². The van der Waals surface area contributed by atoms with Crippen LogP contribution in [0.5, 0.6) is 5.75 Å². The summed E-state index contributed by atoms with van der Waals surface area (Å²) in [6.45, 7) is 3.56. The second-order valence-corrected chi connectivity index (χ2v) is 12.1. The van der Waals surface area contributed by atoms with E-state index in [1.54, 1.807) is 30.3 Å². The molecular weight excluding hydrogens is 594 g/mol. The van der Waals surface area contributed by atoms with Crippen LogP contribution in [0.4, 0.5) is 4.39 Å². The largest absolute Gasteiger partial charge is 0.480 e. The van der Waals surface area contributed by atoms with E-state index < -0.39 is 12.1 Å². The van der Waals surface area contributed by atoms with Gasteiger partial charge in [0.1, 0.15) is 29.0 Å². The number of carboxylic acids is 1. The van der Waals surface area contributed by atoms with E-state index in [1.807, 2.05) is 16.7 Å². The number of pyridine rings is 1. The Bertz CT molecular complexity index is 1750. The van der Waals surface area contributed by atoms with Crippen molar-refractivity contribution in [2.75, 3.05) is 19.7 Å². The molecule has 0 spiro atoms. The second-order valence-electron chi connectivity index (χ2n) is 11.3. The first kappa shape index (κ1) is 28.3. The number of hydrogen-bond acceptors (Lipinski definition) is 6. The number of hydrogen-bond donors (Lipinski definition) is 1. The smallest absolute Gasteiger partial charge is 0.354 e. The fourth-order valence-electron chi connectivity index (χ4n) is 6.18. The number of aromatic carboxylic acids is 1. The SMILES string of the molecule is O=C(O)c1ccc2nc(CN3CCC(c4cccc5c4OC(c4ccc(Cl)cc4Cl)C=C5F)CC3)n(C[C@@H]3CCO3)c2n1. The van der Waals surface area contributed by atoms with Crippen LogP contribution in [0, 0.1) is 0 Å². The van der Waals surface area contributed by atoms with Gasteiger partial charge in [-0.05, 0) is 80.2 Å². The highest BCUT2D eigenvalue weighted by molar-refractivity contribution is 6.35. The quantitative estimate of drug-likeness (QED) is 0.236. The lowest BCUT2D eigenvalue weighted by atomic mass is 9.86. The third kappa shape index (κ3) is 5.51. The molecule has 0 amide bonds. The summed E-state index contributed by atoms with van der Waals surface area (Å²) in [6.07, 6.45) is 3.56. The van der Waals surface area contributed by atoms with Crippen molar-refractivity contribution in [3.05, 3.63) is 92.9 Å². The van der Waals surface area contributed by atoms with Crippen molar-refractivity contribution >= 4 is 46.2 Å². The minimum Gasteiger partial charge on any atom is -0.480 e. The molecule has 2 saturated heterocycles. The molecule has 7 rings (SSSR count). The Hall–Kier alpha value is -3.50. The molecule has 3 aliphatic heterocycles. The predicted octanol–water partition coefficient (Wildman–Crippen LogP) is 7.05. The molecule has 11 heteroatoms. The van der Waals surface area contributed by atoms with E-state index >= 15 is 4.39 Å². The van der Waals surface area contributed by atoms with Crippen LogP contribution in [0.3, 0.4) is 0 Å². The lowest BCUT2D eigenvalue weighted by molar-refractivity contribution is -0.0593. The van der Waals surface area contributed by atoms with Crippen LogP contribution in [-0.2, 0) is 17.8 Å². The van der Waals surface area contributed by atoms with Crippen molar-refractivity contribution in [2.24, 2.45) is 0 Å². The molecule has 0 bridgehead atoms. The second kappa shape index (κ2) is 11.5. The lowest BCUT2D eigenvalue weighted by Gasteiger charge is -2.34. The highest BCUT2D eigenvalue weighted by Crippen LogP contribution is 2.45. The average Bonchev–Trinajstić information content (AvgIpc) is 3.31. The van der Waals surface area contributed by atoms with Gasteiger partial charge in [0.05, 0.1) is 24.8 Å². The van der Waals surface area contributed by atoms with Crippen molar-refractivity contribution < 1.29 is 23.8 Å². The summed E-state index contributed by atoms with van der Waals surface area (Å²) in [5.41, 5.74) is 3.36. The third-order valence-corrected chi connectivity index (χ3v) is 9.14. The lowest BCUT2D eigenvalue weighted by Crippen LogP contribution is -2.35. The van der Waals surface area contributed by atoms with Crippen molar-refractivity contribution in [3.8, 4) is 5.75 Å². The van der Waals surface area contributed by atoms with Gasteiger partial charge in [0.2, 0.25) is 0 Å². The van der Waals surface area contributed by atoms with Crippen molar-refractivity contribution in [3.63, 3.8) is 0 Å². The maximum Gasteiger partial charge on any atom is 0.354 e. The summed E-state index contributed by atoms with van der Waals surface area (Å²) < 4.78 is 29.4. The Morgan fingerprint density at radius 2 is 1.86 bits per heavy atom. The zero-order valence-electron chi connectivity index (χ0n) is 23.2. The normalized spacial score (nSPS) is 20.8. The van der Waals surface area contributed by atoms with Crippen LogP contribution in [0.25, 0.3) is 17.0 Å². The zero-order chi connectivity index (χ0) is 29.7. The molecule has 43 heavy (non-hydrogen) atoms. The van der Waals surface area contributed by atoms with Crippen molar-refractivity contribution in [2.45, 2.75) is 50.5 Å². The molecule has 5 heterocycles. The predicted molar refractivity (Wildman–Crippen MR) is 161 cm³/mol. The summed E-state index contributed by atoms with van der Waals surface area (Å²) in [4.78, 5) is 23.2. The Morgan fingerprint density at radius 3 is 2.58 bits per heavy atom. The first-order valence-corrected chi connectivity index (χ1v) is 15.2. The molecular formula is C32H29Cl2FN4O4. The number of benzene rings is 2. The summed E-state index contributed by atoms with van der Waals surface area (Å²) in [6, 6.07) is 14.0. The molecule has 0 aliphatic carbocycles. The number of rotatable bonds is 7. The van der Waals surface area contributed by atoms with Gasteiger partial charge in [-0.3, -0.25) is 4.90 Å². The number of carboxylic acid groups (broad SMARTS) is 1. The van der Waals surface area contributed by atoms with Gasteiger partial charge >= 0.3 is 5.97 Å². The first-order chi connectivity index (χ1) is 20.8. The molecule has 1 N–H and O–H groups in total. The third-order valence-electron chi connectivity index (χ3n) is 8.58. The molecule has 0 radical (unpaired) electrons. The van der Waals surface area contributed by atoms with Gasteiger partial charge in [0.25, 0.3) is 0 Å². The van der Waals surface area contributed by atoms with Crippen LogP contribution in [0.2, 0.25) is 10.0 Å². The molecule has 222 valence electrons. The maximum atomic E-state index is 15.3. The number of ether oxygens (including phenoxy) is 2. The van der Waals surface area contributed by atoms with Gasteiger partial charge < -0.3 is 19.1 Å². The number of piperidine rings is 1. The zero-order valence-corrected chi connectivity index (χ0v) is 24.7. The number of halogens is 3. The van der Waals surface area contributed by atoms with Gasteiger partial charge in [-0.15, -0.1) is 0 Å². The molecule has 2 aromatic heterocycles. The molecule has 3 aliphatic rings. The monoisotopic (exact) mass is 622 g/mol. The minimum atomic E-state index is -1.07. The van der Waals surface area contributed by atoms with Crippen LogP contribution >= 0.6 is 23.2 Å². The summed E-state index contributed by atoms with van der Waals surface area (Å²) in [5, 5.41) is 10.4. The molecule has 0 saturated carbocycles. The van der Waals surface area contributed by atoms with Crippen molar-refractivity contribution in [1.29, 1.82) is 0 Å². The van der Waals surface area contributed by atoms with E-state index in [1.165, 1.54) is 12.1 Å². The van der Waals surface area contributed by atoms with Gasteiger partial charge in [-0.25, -0.2) is 19.2 Å². The number of imidazole rings is 1. The Balaban J connectivity index is 1.10. The molecule has 2 aromatic carbocycles. The van der Waals surface area contributed by atoms with Gasteiger partial charge in [-0.2, -0.15) is 0 Å². The minimum absolute atomic E-state index is 0.00388. The van der Waals surface area contributed by atoms with E-state index in [2.05, 4.69) is 9.88 Å². The van der Waals surface area contributed by atoms with Crippen molar-refractivity contribution in [1.82, 2.24) is 19.4 Å². The fourth-order valence-corrected chi connectivity index (χ4v) is 6.70. The Labute approximate surface area is 257 Å². The number of para-hydroxylation sites is 1. The molecule has 8 nitrogen and oxygen atoms in total. The molecule has 2 atom stereocenters. The topological polar surface area (TPSA) is 89.7 Å². The fraction of sp³-hybridized carbons (Fsp3) is 0.344.